The second-order valence-corrected chi connectivity index (χ2v) is 6.31. The summed E-state index contributed by atoms with van der Waals surface area (Å²) in [6.45, 7) is 10.1. The molecule has 0 bridgehead atoms. The van der Waals surface area contributed by atoms with Crippen molar-refractivity contribution in [1.82, 2.24) is 4.90 Å². The lowest BCUT2D eigenvalue weighted by Gasteiger charge is -2.20. The molecule has 2 atom stereocenters. The van der Waals surface area contributed by atoms with Crippen molar-refractivity contribution in [2.75, 3.05) is 19.6 Å². The number of likely N-dealkylation sites (tertiary alicyclic amines) is 1. The highest BCUT2D eigenvalue weighted by Crippen LogP contribution is 2.25. The predicted octanol–water partition coefficient (Wildman–Crippen LogP) is 3.40. The van der Waals surface area contributed by atoms with E-state index in [1.54, 1.807) is 0 Å². The van der Waals surface area contributed by atoms with Gasteiger partial charge in [0.2, 0.25) is 0 Å². The highest BCUT2D eigenvalue weighted by molar-refractivity contribution is 5.23. The Bertz CT molecular complexity index is 402. The first kappa shape index (κ1) is 14.5. The summed E-state index contributed by atoms with van der Waals surface area (Å²) in [5, 5.41) is 10.3. The van der Waals surface area contributed by atoms with Crippen molar-refractivity contribution in [2.24, 2.45) is 11.8 Å². The number of rotatable bonds is 5. The van der Waals surface area contributed by atoms with Crippen LogP contribution in [0.4, 0.5) is 0 Å². The first-order chi connectivity index (χ1) is 9.06. The Labute approximate surface area is 117 Å². The normalized spacial score (nSPS) is 22.1. The molecule has 2 nitrogen and oxygen atoms in total. The maximum absolute atomic E-state index is 10.3. The fourth-order valence-electron chi connectivity index (χ4n) is 2.96. The van der Waals surface area contributed by atoms with Gasteiger partial charge in [0, 0.05) is 13.1 Å². The third-order valence-corrected chi connectivity index (χ3v) is 4.40. The third-order valence-electron chi connectivity index (χ3n) is 4.40. The molecule has 1 N–H and O–H groups in total. The molecule has 19 heavy (non-hydrogen) atoms. The Hall–Kier alpha value is -0.860. The van der Waals surface area contributed by atoms with E-state index in [4.69, 9.17) is 0 Å². The molecule has 106 valence electrons. The van der Waals surface area contributed by atoms with Gasteiger partial charge in [0.15, 0.2) is 0 Å². The Balaban J connectivity index is 1.80. The number of benzene rings is 1. The number of aliphatic hydroxyl groups excluding tert-OH is 1. The van der Waals surface area contributed by atoms with Crippen LogP contribution in [0.2, 0.25) is 0 Å². The molecule has 0 spiro atoms. The van der Waals surface area contributed by atoms with Crippen molar-refractivity contribution in [1.29, 1.82) is 0 Å². The fourth-order valence-corrected chi connectivity index (χ4v) is 2.96. The molecule has 2 rings (SSSR count). The molecule has 1 saturated heterocycles. The first-order valence-corrected chi connectivity index (χ1v) is 7.53. The van der Waals surface area contributed by atoms with Gasteiger partial charge in [0.05, 0.1) is 6.10 Å². The summed E-state index contributed by atoms with van der Waals surface area (Å²) in [5.74, 6) is 1.63. The largest absolute Gasteiger partial charge is 0.388 e. The number of hydrogen-bond acceptors (Lipinski definition) is 2. The minimum atomic E-state index is -0.321. The van der Waals surface area contributed by atoms with Crippen LogP contribution in [0, 0.1) is 18.8 Å². The summed E-state index contributed by atoms with van der Waals surface area (Å²) in [6.07, 6.45) is 1.84. The van der Waals surface area contributed by atoms with E-state index < -0.39 is 0 Å². The average molecular weight is 261 g/mol. The van der Waals surface area contributed by atoms with E-state index in [2.05, 4.69) is 37.8 Å². The van der Waals surface area contributed by atoms with E-state index in [1.165, 1.54) is 25.1 Å². The van der Waals surface area contributed by atoms with Crippen LogP contribution in [0.1, 0.15) is 43.9 Å². The quantitative estimate of drug-likeness (QED) is 0.878. The second kappa shape index (κ2) is 6.53. The van der Waals surface area contributed by atoms with Gasteiger partial charge < -0.3 is 10.0 Å². The van der Waals surface area contributed by atoms with Crippen molar-refractivity contribution < 1.29 is 5.11 Å². The zero-order valence-corrected chi connectivity index (χ0v) is 12.5. The van der Waals surface area contributed by atoms with E-state index in [-0.39, 0.29) is 6.10 Å². The smallest absolute Gasteiger partial charge is 0.0802 e. The number of nitrogens with zero attached hydrogens (tertiary/aromatic N) is 1. The minimum Gasteiger partial charge on any atom is -0.388 e. The van der Waals surface area contributed by atoms with Gasteiger partial charge in [0.25, 0.3) is 0 Å². The summed E-state index contributed by atoms with van der Waals surface area (Å²) in [6, 6.07) is 8.21. The van der Waals surface area contributed by atoms with Crippen LogP contribution in [0.15, 0.2) is 24.3 Å². The molecular weight excluding hydrogens is 234 g/mol. The highest BCUT2D eigenvalue weighted by Gasteiger charge is 2.24. The van der Waals surface area contributed by atoms with Crippen molar-refractivity contribution in [3.05, 3.63) is 35.4 Å². The van der Waals surface area contributed by atoms with E-state index in [1.807, 2.05) is 12.1 Å². The number of aryl methyl sites for hydroxylation is 1. The highest BCUT2D eigenvalue weighted by atomic mass is 16.3. The molecule has 1 heterocycles. The Morgan fingerprint density at radius 2 is 2.16 bits per heavy atom. The van der Waals surface area contributed by atoms with Crippen LogP contribution < -0.4 is 0 Å². The summed E-state index contributed by atoms with van der Waals surface area (Å²) < 4.78 is 0. The lowest BCUT2D eigenvalue weighted by molar-refractivity contribution is 0.147. The lowest BCUT2D eigenvalue weighted by Crippen LogP contribution is -2.24. The third kappa shape index (κ3) is 4.05. The maximum Gasteiger partial charge on any atom is 0.0802 e. The van der Waals surface area contributed by atoms with Crippen LogP contribution in [0.25, 0.3) is 0 Å². The van der Waals surface area contributed by atoms with Crippen LogP contribution in [0.3, 0.4) is 0 Å². The molecule has 0 saturated carbocycles. The van der Waals surface area contributed by atoms with Gasteiger partial charge in [-0.2, -0.15) is 0 Å². The van der Waals surface area contributed by atoms with Gasteiger partial charge in [0.1, 0.15) is 0 Å². The predicted molar refractivity (Wildman–Crippen MR) is 80.1 cm³/mol. The van der Waals surface area contributed by atoms with E-state index >= 15 is 0 Å². The Morgan fingerprint density at radius 1 is 1.37 bits per heavy atom. The molecular formula is C17H27NO. The summed E-state index contributed by atoms with van der Waals surface area (Å²) >= 11 is 0. The Morgan fingerprint density at radius 3 is 2.79 bits per heavy atom. The second-order valence-electron chi connectivity index (χ2n) is 6.31. The van der Waals surface area contributed by atoms with Gasteiger partial charge in [-0.15, -0.1) is 0 Å². The SMILES string of the molecule is Cc1cccc(C(O)CCN2CCC(C(C)C)C2)c1. The standard InChI is InChI=1S/C17H27NO/c1-13(2)16-7-9-18(12-16)10-8-17(19)15-6-4-5-14(3)11-15/h4-6,11,13,16-17,19H,7-10,12H2,1-3H3. The molecule has 1 aliphatic rings. The van der Waals surface area contributed by atoms with Crippen molar-refractivity contribution >= 4 is 0 Å². The molecule has 2 heteroatoms. The van der Waals surface area contributed by atoms with Gasteiger partial charge in [-0.1, -0.05) is 43.7 Å². The molecule has 0 amide bonds. The summed E-state index contributed by atoms with van der Waals surface area (Å²) in [7, 11) is 0. The monoisotopic (exact) mass is 261 g/mol. The van der Waals surface area contributed by atoms with Crippen molar-refractivity contribution in [3.63, 3.8) is 0 Å². The van der Waals surface area contributed by atoms with Crippen molar-refractivity contribution in [2.45, 2.75) is 39.7 Å². The molecule has 1 aromatic rings. The molecule has 1 aromatic carbocycles. The summed E-state index contributed by atoms with van der Waals surface area (Å²) in [4.78, 5) is 2.50. The van der Waals surface area contributed by atoms with Crippen LogP contribution in [-0.2, 0) is 0 Å². The van der Waals surface area contributed by atoms with E-state index in [9.17, 15) is 5.11 Å². The Kier molecular flexibility index (Phi) is 5.00. The van der Waals surface area contributed by atoms with Crippen LogP contribution in [-0.4, -0.2) is 29.6 Å². The maximum atomic E-state index is 10.3. The fraction of sp³-hybridized carbons (Fsp3) is 0.647. The van der Waals surface area contributed by atoms with Crippen LogP contribution >= 0.6 is 0 Å². The number of aliphatic hydroxyl groups is 1. The average Bonchev–Trinajstić information content (AvgIpc) is 2.85. The lowest BCUT2D eigenvalue weighted by atomic mass is 9.95. The molecule has 0 aromatic heterocycles. The van der Waals surface area contributed by atoms with Gasteiger partial charge in [-0.3, -0.25) is 0 Å². The van der Waals surface area contributed by atoms with Crippen LogP contribution in [0.5, 0.6) is 0 Å². The van der Waals surface area contributed by atoms with Gasteiger partial charge in [-0.25, -0.2) is 0 Å². The number of hydrogen-bond donors (Lipinski definition) is 1. The molecule has 0 radical (unpaired) electrons. The summed E-state index contributed by atoms with van der Waals surface area (Å²) in [5.41, 5.74) is 2.28. The van der Waals surface area contributed by atoms with E-state index in [0.717, 1.165) is 30.4 Å². The zero-order chi connectivity index (χ0) is 13.8. The van der Waals surface area contributed by atoms with E-state index in [0.29, 0.717) is 0 Å². The van der Waals surface area contributed by atoms with Crippen molar-refractivity contribution in [3.8, 4) is 0 Å². The first-order valence-electron chi connectivity index (χ1n) is 7.53. The molecule has 0 aliphatic carbocycles. The molecule has 1 aliphatic heterocycles. The van der Waals surface area contributed by atoms with Gasteiger partial charge >= 0.3 is 0 Å². The zero-order valence-electron chi connectivity index (χ0n) is 12.5. The topological polar surface area (TPSA) is 23.5 Å². The van der Waals surface area contributed by atoms with Gasteiger partial charge in [-0.05, 0) is 43.7 Å². The molecule has 1 fully saturated rings. The molecule has 2 unspecified atom stereocenters. The minimum absolute atomic E-state index is 0.321.